The van der Waals surface area contributed by atoms with Crippen molar-refractivity contribution in [2.75, 3.05) is 25.1 Å². The number of pyridine rings is 1. The fourth-order valence-electron chi connectivity index (χ4n) is 3.15. The van der Waals surface area contributed by atoms with Crippen molar-refractivity contribution in [1.29, 1.82) is 0 Å². The first-order valence-corrected chi connectivity index (χ1v) is 9.69. The van der Waals surface area contributed by atoms with Crippen molar-refractivity contribution in [3.05, 3.63) is 57.9 Å². The van der Waals surface area contributed by atoms with Crippen LogP contribution >= 0.6 is 28.1 Å². The van der Waals surface area contributed by atoms with Crippen LogP contribution in [0.5, 0.6) is 0 Å². The first-order chi connectivity index (χ1) is 12.5. The Bertz CT molecular complexity index is 779. The van der Waals surface area contributed by atoms with Gasteiger partial charge in [-0.3, -0.25) is 0 Å². The average molecular weight is 438 g/mol. The van der Waals surface area contributed by atoms with Crippen LogP contribution in [0, 0.1) is 12.7 Å². The Balaban J connectivity index is 1.68. The van der Waals surface area contributed by atoms with Crippen LogP contribution in [0.3, 0.4) is 0 Å². The van der Waals surface area contributed by atoms with Gasteiger partial charge in [0, 0.05) is 35.8 Å². The summed E-state index contributed by atoms with van der Waals surface area (Å²) in [6.07, 6.45) is 3.48. The van der Waals surface area contributed by atoms with Gasteiger partial charge in [-0.05, 0) is 77.2 Å². The van der Waals surface area contributed by atoms with Crippen LogP contribution in [0.2, 0.25) is 0 Å². The molecule has 3 rings (SSSR count). The van der Waals surface area contributed by atoms with E-state index in [1.165, 1.54) is 12.1 Å². The number of anilines is 1. The van der Waals surface area contributed by atoms with Gasteiger partial charge in [-0.2, -0.15) is 0 Å². The number of nitrogens with zero attached hydrogens (tertiary/aromatic N) is 1. The lowest BCUT2D eigenvalue weighted by Gasteiger charge is -2.38. The van der Waals surface area contributed by atoms with Gasteiger partial charge in [0.2, 0.25) is 0 Å². The van der Waals surface area contributed by atoms with Gasteiger partial charge in [0.15, 0.2) is 5.11 Å². The summed E-state index contributed by atoms with van der Waals surface area (Å²) in [7, 11) is 0. The summed E-state index contributed by atoms with van der Waals surface area (Å²) >= 11 is 8.87. The minimum atomic E-state index is -0.224. The summed E-state index contributed by atoms with van der Waals surface area (Å²) in [5.41, 5.74) is 2.06. The predicted molar refractivity (Wildman–Crippen MR) is 109 cm³/mol. The molecule has 2 aromatic rings. The van der Waals surface area contributed by atoms with E-state index in [0.717, 1.165) is 28.4 Å². The number of aryl methyl sites for hydroxylation is 1. The highest BCUT2D eigenvalue weighted by Gasteiger charge is 2.34. The maximum absolute atomic E-state index is 13.3. The van der Waals surface area contributed by atoms with Crippen molar-refractivity contribution in [2.24, 2.45) is 0 Å². The molecule has 0 unspecified atom stereocenters. The normalized spacial score (nSPS) is 16.1. The van der Waals surface area contributed by atoms with Gasteiger partial charge < -0.3 is 15.4 Å². The van der Waals surface area contributed by atoms with Gasteiger partial charge in [-0.1, -0.05) is 12.1 Å². The molecule has 0 spiro atoms. The van der Waals surface area contributed by atoms with Crippen molar-refractivity contribution in [3.8, 4) is 0 Å². The number of benzene rings is 1. The summed E-state index contributed by atoms with van der Waals surface area (Å²) in [5, 5.41) is 6.95. The maximum atomic E-state index is 13.3. The third-order valence-electron chi connectivity index (χ3n) is 4.78. The topological polar surface area (TPSA) is 46.2 Å². The average Bonchev–Trinajstić information content (AvgIpc) is 2.64. The molecular formula is C19H21BrFN3OS. The molecule has 1 saturated heterocycles. The van der Waals surface area contributed by atoms with Crippen molar-refractivity contribution in [1.82, 2.24) is 10.3 Å². The number of halogens is 2. The molecule has 2 heterocycles. The lowest BCUT2D eigenvalue weighted by molar-refractivity contribution is 0.0515. The Hall–Kier alpha value is -1.57. The summed E-state index contributed by atoms with van der Waals surface area (Å²) in [4.78, 5) is 4.31. The number of rotatable bonds is 4. The standard InChI is InChI=1S/C19H21BrFN3OS/c1-13-10-17(22-11-16(13)20)24-18(26)23-12-19(6-8-25-9-7-19)14-2-4-15(21)5-3-14/h2-5,10-11H,6-9,12H2,1H3,(H2,22,23,24,26). The molecule has 0 saturated carbocycles. The van der Waals surface area contributed by atoms with Crippen molar-refractivity contribution < 1.29 is 9.13 Å². The van der Waals surface area contributed by atoms with Gasteiger partial charge in [0.1, 0.15) is 11.6 Å². The second-order valence-electron chi connectivity index (χ2n) is 6.53. The quantitative estimate of drug-likeness (QED) is 0.697. The molecule has 4 nitrogen and oxygen atoms in total. The first kappa shape index (κ1) is 19.2. The van der Waals surface area contributed by atoms with Gasteiger partial charge in [-0.25, -0.2) is 9.37 Å². The minimum Gasteiger partial charge on any atom is -0.381 e. The molecule has 0 bridgehead atoms. The molecule has 7 heteroatoms. The molecule has 1 fully saturated rings. The van der Waals surface area contributed by atoms with E-state index in [1.54, 1.807) is 6.20 Å². The van der Waals surface area contributed by atoms with Crippen LogP contribution in [0.25, 0.3) is 0 Å². The molecular weight excluding hydrogens is 417 g/mol. The van der Waals surface area contributed by atoms with Crippen molar-refractivity contribution >= 4 is 39.1 Å². The number of ether oxygens (including phenoxy) is 1. The van der Waals surface area contributed by atoms with E-state index in [4.69, 9.17) is 17.0 Å². The van der Waals surface area contributed by atoms with E-state index >= 15 is 0 Å². The summed E-state index contributed by atoms with van der Waals surface area (Å²) in [5.74, 6) is 0.476. The van der Waals surface area contributed by atoms with Gasteiger partial charge in [0.05, 0.1) is 0 Å². The zero-order valence-corrected chi connectivity index (χ0v) is 16.9. The molecule has 138 valence electrons. The Morgan fingerprint density at radius 2 is 2.00 bits per heavy atom. The highest BCUT2D eigenvalue weighted by Crippen LogP contribution is 2.34. The Morgan fingerprint density at radius 3 is 2.65 bits per heavy atom. The highest BCUT2D eigenvalue weighted by molar-refractivity contribution is 9.10. The number of hydrogen-bond acceptors (Lipinski definition) is 3. The van der Waals surface area contributed by atoms with E-state index in [0.29, 0.717) is 30.7 Å². The van der Waals surface area contributed by atoms with E-state index in [-0.39, 0.29) is 11.2 Å². The second kappa shape index (κ2) is 8.41. The second-order valence-corrected chi connectivity index (χ2v) is 7.79. The Kier molecular flexibility index (Phi) is 6.21. The third-order valence-corrected chi connectivity index (χ3v) is 5.86. The number of nitrogens with one attached hydrogen (secondary N) is 2. The lowest BCUT2D eigenvalue weighted by Crippen LogP contribution is -2.45. The largest absolute Gasteiger partial charge is 0.381 e. The van der Waals surface area contributed by atoms with E-state index < -0.39 is 0 Å². The zero-order chi connectivity index (χ0) is 18.6. The van der Waals surface area contributed by atoms with Gasteiger partial charge in [0.25, 0.3) is 0 Å². The number of thiocarbonyl (C=S) groups is 1. The maximum Gasteiger partial charge on any atom is 0.171 e. The van der Waals surface area contributed by atoms with E-state index in [9.17, 15) is 4.39 Å². The van der Waals surface area contributed by atoms with Crippen LogP contribution in [0.1, 0.15) is 24.0 Å². The molecule has 0 amide bonds. The van der Waals surface area contributed by atoms with Crippen molar-refractivity contribution in [2.45, 2.75) is 25.2 Å². The van der Waals surface area contributed by atoms with E-state index in [2.05, 4.69) is 31.5 Å². The molecule has 1 aliphatic rings. The minimum absolute atomic E-state index is 0.124. The smallest absolute Gasteiger partial charge is 0.171 e. The fourth-order valence-corrected chi connectivity index (χ4v) is 3.54. The summed E-state index contributed by atoms with van der Waals surface area (Å²) < 4.78 is 19.8. The molecule has 1 aliphatic heterocycles. The highest BCUT2D eigenvalue weighted by atomic mass is 79.9. The zero-order valence-electron chi connectivity index (χ0n) is 14.5. The lowest BCUT2D eigenvalue weighted by atomic mass is 9.74. The molecule has 0 radical (unpaired) electrons. The molecule has 1 aromatic heterocycles. The predicted octanol–water partition coefficient (Wildman–Crippen LogP) is 4.33. The van der Waals surface area contributed by atoms with Crippen LogP contribution in [0.15, 0.2) is 41.0 Å². The number of hydrogen-bond donors (Lipinski definition) is 2. The Labute approximate surface area is 166 Å². The molecule has 0 aliphatic carbocycles. The molecule has 0 atom stereocenters. The Morgan fingerprint density at radius 1 is 1.31 bits per heavy atom. The fraction of sp³-hybridized carbons (Fsp3) is 0.368. The van der Waals surface area contributed by atoms with Gasteiger partial charge in [-0.15, -0.1) is 0 Å². The van der Waals surface area contributed by atoms with Crippen LogP contribution in [-0.4, -0.2) is 29.9 Å². The molecule has 1 aromatic carbocycles. The monoisotopic (exact) mass is 437 g/mol. The molecule has 2 N–H and O–H groups in total. The van der Waals surface area contributed by atoms with Crippen LogP contribution in [0.4, 0.5) is 10.2 Å². The first-order valence-electron chi connectivity index (χ1n) is 8.49. The third kappa shape index (κ3) is 4.58. The molecule has 26 heavy (non-hydrogen) atoms. The number of aromatic nitrogens is 1. The van der Waals surface area contributed by atoms with Crippen LogP contribution < -0.4 is 10.6 Å². The summed E-state index contributed by atoms with van der Waals surface area (Å²) in [6.45, 7) is 4.03. The van der Waals surface area contributed by atoms with E-state index in [1.807, 2.05) is 25.1 Å². The van der Waals surface area contributed by atoms with Crippen molar-refractivity contribution in [3.63, 3.8) is 0 Å². The SMILES string of the molecule is Cc1cc(NC(=S)NCC2(c3ccc(F)cc3)CCOCC2)ncc1Br. The van der Waals surface area contributed by atoms with Gasteiger partial charge >= 0.3 is 0 Å². The van der Waals surface area contributed by atoms with Crippen LogP contribution in [-0.2, 0) is 10.2 Å². The summed E-state index contributed by atoms with van der Waals surface area (Å²) in [6, 6.07) is 8.68.